The van der Waals surface area contributed by atoms with E-state index < -0.39 is 5.60 Å². The topological polar surface area (TPSA) is 27.7 Å². The zero-order valence-electron chi connectivity index (χ0n) is 16.8. The van der Waals surface area contributed by atoms with Crippen molar-refractivity contribution in [1.82, 2.24) is 0 Å². The molecule has 0 saturated carbocycles. The van der Waals surface area contributed by atoms with Gasteiger partial charge < -0.3 is 14.2 Å². The van der Waals surface area contributed by atoms with Gasteiger partial charge in [0.15, 0.2) is 0 Å². The Kier molecular flexibility index (Phi) is 5.79. The molecule has 3 heteroatoms. The summed E-state index contributed by atoms with van der Waals surface area (Å²) in [5.41, 5.74) is 2.45. The Morgan fingerprint density at radius 3 is 1.66 bits per heavy atom. The normalized spacial score (nSPS) is 17.6. The van der Waals surface area contributed by atoms with Crippen LogP contribution >= 0.6 is 0 Å². The van der Waals surface area contributed by atoms with Gasteiger partial charge in [0.25, 0.3) is 0 Å². The zero-order chi connectivity index (χ0) is 20.1. The van der Waals surface area contributed by atoms with E-state index in [9.17, 15) is 0 Å². The fourth-order valence-electron chi connectivity index (χ4n) is 4.06. The zero-order valence-corrected chi connectivity index (χ0v) is 16.8. The maximum atomic E-state index is 6.97. The van der Waals surface area contributed by atoms with Crippen LogP contribution in [0.4, 0.5) is 0 Å². The highest BCUT2D eigenvalue weighted by Crippen LogP contribution is 2.42. The van der Waals surface area contributed by atoms with Crippen LogP contribution in [-0.2, 0) is 19.8 Å². The maximum Gasteiger partial charge on any atom is 0.144 e. The second-order valence-electron chi connectivity index (χ2n) is 7.17. The fraction of sp³-hybridized carbons (Fsp3) is 0.231. The average molecular weight is 386 g/mol. The van der Waals surface area contributed by atoms with Crippen LogP contribution in [0.15, 0.2) is 103 Å². The molecule has 2 atom stereocenters. The van der Waals surface area contributed by atoms with Crippen molar-refractivity contribution in [1.29, 1.82) is 0 Å². The lowest BCUT2D eigenvalue weighted by Gasteiger charge is -2.39. The molecule has 0 aliphatic carbocycles. The molecule has 0 radical (unpaired) electrons. The van der Waals surface area contributed by atoms with Crippen molar-refractivity contribution >= 4 is 0 Å². The van der Waals surface area contributed by atoms with E-state index in [2.05, 4.69) is 72.8 Å². The largest absolute Gasteiger partial charge is 0.498 e. The third kappa shape index (κ3) is 3.71. The summed E-state index contributed by atoms with van der Waals surface area (Å²) in [5.74, 6) is 0.820. The van der Waals surface area contributed by atoms with Crippen LogP contribution in [0.25, 0.3) is 0 Å². The Hall–Kier alpha value is -2.88. The first-order chi connectivity index (χ1) is 14.3. The quantitative estimate of drug-likeness (QED) is 0.515. The number of benzene rings is 3. The number of rotatable bonds is 7. The van der Waals surface area contributed by atoms with E-state index >= 15 is 0 Å². The van der Waals surface area contributed by atoms with Crippen LogP contribution < -0.4 is 0 Å². The average Bonchev–Trinajstić information content (AvgIpc) is 3.28. The van der Waals surface area contributed by atoms with Gasteiger partial charge in [-0.2, -0.15) is 0 Å². The summed E-state index contributed by atoms with van der Waals surface area (Å²) in [6.45, 7) is 2.59. The predicted molar refractivity (Wildman–Crippen MR) is 115 cm³/mol. The molecule has 0 N–H and O–H groups in total. The smallest absolute Gasteiger partial charge is 0.144 e. The summed E-state index contributed by atoms with van der Waals surface area (Å²) in [4.78, 5) is 0. The molecule has 3 nitrogen and oxygen atoms in total. The third-order valence-corrected chi connectivity index (χ3v) is 5.41. The van der Waals surface area contributed by atoms with Gasteiger partial charge in [-0.3, -0.25) is 0 Å². The predicted octanol–water partition coefficient (Wildman–Crippen LogP) is 5.31. The highest BCUT2D eigenvalue weighted by atomic mass is 16.6. The Balaban J connectivity index is 1.87. The Bertz CT molecular complexity index is 839. The number of hydrogen-bond donors (Lipinski definition) is 0. The maximum absolute atomic E-state index is 6.97. The van der Waals surface area contributed by atoms with Crippen molar-refractivity contribution in [3.05, 3.63) is 120 Å². The molecule has 4 rings (SSSR count). The third-order valence-electron chi connectivity index (χ3n) is 5.41. The van der Waals surface area contributed by atoms with Gasteiger partial charge in [-0.15, -0.1) is 0 Å². The van der Waals surface area contributed by atoms with Crippen molar-refractivity contribution in [3.63, 3.8) is 0 Å². The van der Waals surface area contributed by atoms with Crippen LogP contribution in [-0.4, -0.2) is 25.9 Å². The van der Waals surface area contributed by atoms with Crippen LogP contribution in [0.3, 0.4) is 0 Å². The molecule has 1 unspecified atom stereocenters. The Morgan fingerprint density at radius 2 is 1.24 bits per heavy atom. The summed E-state index contributed by atoms with van der Waals surface area (Å²) in [6.07, 6.45) is 1.50. The molecule has 0 spiro atoms. The molecule has 3 aromatic rings. The summed E-state index contributed by atoms with van der Waals surface area (Å²) >= 11 is 0. The first-order valence-electron chi connectivity index (χ1n) is 9.95. The Morgan fingerprint density at radius 1 is 0.793 bits per heavy atom. The molecule has 0 fully saturated rings. The molecule has 1 aliphatic rings. The standard InChI is InChI=1S/C26H26O3/c1-20(25-24(27-2)18-19-28-25)29-26(21-12-6-3-7-13-21,22-14-8-4-9-15-22)23-16-10-5-11-17-23/h3-18,20,25H,19H2,1-2H3/t20-,25?/m0/s1. The fourth-order valence-corrected chi connectivity index (χ4v) is 4.06. The van der Waals surface area contributed by atoms with Gasteiger partial charge in [0, 0.05) is 0 Å². The van der Waals surface area contributed by atoms with Gasteiger partial charge in [-0.1, -0.05) is 91.0 Å². The molecule has 0 bridgehead atoms. The van der Waals surface area contributed by atoms with Gasteiger partial charge in [0.1, 0.15) is 17.5 Å². The lowest BCUT2D eigenvalue weighted by atomic mass is 9.79. The highest BCUT2D eigenvalue weighted by Gasteiger charge is 2.42. The summed E-state index contributed by atoms with van der Waals surface area (Å²) < 4.78 is 18.4. The minimum atomic E-state index is -0.770. The second-order valence-corrected chi connectivity index (χ2v) is 7.17. The monoisotopic (exact) mass is 386 g/mol. The molecule has 1 heterocycles. The highest BCUT2D eigenvalue weighted by molar-refractivity contribution is 5.47. The van der Waals surface area contributed by atoms with E-state index in [1.807, 2.05) is 31.2 Å². The molecular weight excluding hydrogens is 360 g/mol. The molecule has 3 aromatic carbocycles. The van der Waals surface area contributed by atoms with Crippen LogP contribution in [0.5, 0.6) is 0 Å². The summed E-state index contributed by atoms with van der Waals surface area (Å²) in [7, 11) is 1.68. The summed E-state index contributed by atoms with van der Waals surface area (Å²) in [6, 6.07) is 31.1. The van der Waals surface area contributed by atoms with Gasteiger partial charge in [0.2, 0.25) is 0 Å². The molecule has 0 saturated heterocycles. The van der Waals surface area contributed by atoms with E-state index in [4.69, 9.17) is 14.2 Å². The number of ether oxygens (including phenoxy) is 3. The molecule has 0 aromatic heterocycles. The van der Waals surface area contributed by atoms with Crippen LogP contribution in [0, 0.1) is 0 Å². The molecule has 148 valence electrons. The van der Waals surface area contributed by atoms with Crippen LogP contribution in [0.1, 0.15) is 23.6 Å². The van der Waals surface area contributed by atoms with E-state index in [1.54, 1.807) is 7.11 Å². The molecule has 0 amide bonds. The minimum Gasteiger partial charge on any atom is -0.498 e. The van der Waals surface area contributed by atoms with E-state index in [1.165, 1.54) is 0 Å². The van der Waals surface area contributed by atoms with Gasteiger partial charge in [-0.25, -0.2) is 0 Å². The van der Waals surface area contributed by atoms with Crippen molar-refractivity contribution in [3.8, 4) is 0 Å². The molecular formula is C26H26O3. The lowest BCUT2D eigenvalue weighted by molar-refractivity contribution is -0.102. The second kappa shape index (κ2) is 8.64. The van der Waals surface area contributed by atoms with Crippen molar-refractivity contribution in [2.75, 3.05) is 13.7 Å². The van der Waals surface area contributed by atoms with Gasteiger partial charge >= 0.3 is 0 Å². The van der Waals surface area contributed by atoms with Crippen molar-refractivity contribution in [2.24, 2.45) is 0 Å². The summed E-state index contributed by atoms with van der Waals surface area (Å²) in [5, 5.41) is 0. The molecule has 29 heavy (non-hydrogen) atoms. The van der Waals surface area contributed by atoms with E-state index in [0.29, 0.717) is 6.61 Å². The van der Waals surface area contributed by atoms with Gasteiger partial charge in [-0.05, 0) is 29.7 Å². The van der Waals surface area contributed by atoms with Gasteiger partial charge in [0.05, 0.1) is 19.8 Å². The van der Waals surface area contributed by atoms with E-state index in [-0.39, 0.29) is 12.2 Å². The van der Waals surface area contributed by atoms with E-state index in [0.717, 1.165) is 22.4 Å². The molecule has 1 aliphatic heterocycles. The first kappa shape index (κ1) is 19.4. The van der Waals surface area contributed by atoms with Crippen molar-refractivity contribution in [2.45, 2.75) is 24.7 Å². The minimum absolute atomic E-state index is 0.232. The number of methoxy groups -OCH3 is 1. The number of hydrogen-bond acceptors (Lipinski definition) is 3. The Labute approximate surface area is 172 Å². The van der Waals surface area contributed by atoms with Crippen LogP contribution in [0.2, 0.25) is 0 Å². The SMILES string of the molecule is COC1=CCOC1[C@H](C)OC(c1ccccc1)(c1ccccc1)c1ccccc1. The first-order valence-corrected chi connectivity index (χ1v) is 9.95. The lowest BCUT2D eigenvalue weighted by Crippen LogP contribution is -2.41. The van der Waals surface area contributed by atoms with Crippen molar-refractivity contribution < 1.29 is 14.2 Å².